The number of ether oxygens (including phenoxy) is 1. The van der Waals surface area contributed by atoms with Crippen LogP contribution in [0.5, 0.6) is 0 Å². The number of unbranched alkanes of at least 4 members (excludes halogenated alkanes) is 2. The van der Waals surface area contributed by atoms with E-state index in [1.807, 2.05) is 0 Å². The van der Waals surface area contributed by atoms with E-state index in [0.717, 1.165) is 19.3 Å². The Kier molecular flexibility index (Phi) is 7.39. The molecule has 96 valence electrons. The van der Waals surface area contributed by atoms with Gasteiger partial charge in [0.2, 0.25) is 0 Å². The highest BCUT2D eigenvalue weighted by Crippen LogP contribution is 2.22. The molecule has 0 aliphatic heterocycles. The Balaban J connectivity index is 3.35. The summed E-state index contributed by atoms with van der Waals surface area (Å²) in [5, 5.41) is 8.92. The SMILES string of the molecule is CC(O)COC(=O)CCCCCC(C)(C)C. The third-order valence-corrected chi connectivity index (χ3v) is 2.29. The molecule has 0 bridgehead atoms. The average Bonchev–Trinajstić information content (AvgIpc) is 2.12. The van der Waals surface area contributed by atoms with Crippen LogP contribution in [0.2, 0.25) is 0 Å². The van der Waals surface area contributed by atoms with E-state index in [-0.39, 0.29) is 12.6 Å². The lowest BCUT2D eigenvalue weighted by atomic mass is 9.89. The standard InChI is InChI=1S/C13H26O3/c1-11(14)10-16-12(15)8-6-5-7-9-13(2,3)4/h11,14H,5-10H2,1-4H3. The first kappa shape index (κ1) is 15.4. The number of aliphatic hydroxyl groups is 1. The van der Waals surface area contributed by atoms with Crippen LogP contribution in [-0.2, 0) is 9.53 Å². The van der Waals surface area contributed by atoms with Gasteiger partial charge < -0.3 is 9.84 Å². The number of carbonyl (C=O) groups excluding carboxylic acids is 1. The average molecular weight is 230 g/mol. The molecule has 3 nitrogen and oxygen atoms in total. The van der Waals surface area contributed by atoms with Crippen LogP contribution in [-0.4, -0.2) is 23.8 Å². The van der Waals surface area contributed by atoms with Crippen molar-refractivity contribution in [2.24, 2.45) is 5.41 Å². The number of rotatable bonds is 7. The van der Waals surface area contributed by atoms with Crippen molar-refractivity contribution in [2.75, 3.05) is 6.61 Å². The van der Waals surface area contributed by atoms with E-state index in [4.69, 9.17) is 9.84 Å². The number of hydrogen-bond donors (Lipinski definition) is 1. The molecule has 0 aromatic heterocycles. The molecule has 0 saturated heterocycles. The van der Waals surface area contributed by atoms with E-state index in [1.54, 1.807) is 6.92 Å². The summed E-state index contributed by atoms with van der Waals surface area (Å²) in [7, 11) is 0. The van der Waals surface area contributed by atoms with Crippen LogP contribution in [0.3, 0.4) is 0 Å². The highest BCUT2D eigenvalue weighted by Gasteiger charge is 2.09. The van der Waals surface area contributed by atoms with E-state index < -0.39 is 6.10 Å². The summed E-state index contributed by atoms with van der Waals surface area (Å²) in [6.07, 6.45) is 4.21. The van der Waals surface area contributed by atoms with Gasteiger partial charge in [0.1, 0.15) is 6.61 Å². The fourth-order valence-corrected chi connectivity index (χ4v) is 1.39. The maximum Gasteiger partial charge on any atom is 0.305 e. The Hall–Kier alpha value is -0.570. The maximum atomic E-state index is 11.2. The second kappa shape index (κ2) is 7.66. The van der Waals surface area contributed by atoms with Crippen molar-refractivity contribution < 1.29 is 14.6 Å². The minimum atomic E-state index is -0.565. The Labute approximate surface area is 99.2 Å². The van der Waals surface area contributed by atoms with Crippen molar-refractivity contribution >= 4 is 5.97 Å². The zero-order chi connectivity index (χ0) is 12.6. The van der Waals surface area contributed by atoms with Gasteiger partial charge in [-0.05, 0) is 25.2 Å². The molecule has 0 heterocycles. The van der Waals surface area contributed by atoms with Gasteiger partial charge >= 0.3 is 5.97 Å². The molecule has 0 amide bonds. The smallest absolute Gasteiger partial charge is 0.305 e. The van der Waals surface area contributed by atoms with Crippen LogP contribution in [0, 0.1) is 5.41 Å². The quantitative estimate of drug-likeness (QED) is 0.540. The van der Waals surface area contributed by atoms with E-state index in [1.165, 1.54) is 6.42 Å². The molecular weight excluding hydrogens is 204 g/mol. The Morgan fingerprint density at radius 3 is 2.38 bits per heavy atom. The molecule has 0 aliphatic carbocycles. The summed E-state index contributed by atoms with van der Waals surface area (Å²) in [6.45, 7) is 8.40. The van der Waals surface area contributed by atoms with Crippen molar-refractivity contribution in [3.05, 3.63) is 0 Å². The minimum Gasteiger partial charge on any atom is -0.463 e. The Bertz CT molecular complexity index is 192. The molecule has 1 unspecified atom stereocenters. The van der Waals surface area contributed by atoms with Gasteiger partial charge in [0.15, 0.2) is 0 Å². The zero-order valence-corrected chi connectivity index (χ0v) is 11.1. The molecular formula is C13H26O3. The lowest BCUT2D eigenvalue weighted by molar-refractivity contribution is -0.146. The molecule has 1 N–H and O–H groups in total. The number of hydrogen-bond acceptors (Lipinski definition) is 3. The molecule has 3 heteroatoms. The topological polar surface area (TPSA) is 46.5 Å². The second-order valence-corrected chi connectivity index (χ2v) is 5.65. The molecule has 0 fully saturated rings. The molecule has 16 heavy (non-hydrogen) atoms. The molecule has 0 aromatic rings. The van der Waals surface area contributed by atoms with Crippen molar-refractivity contribution in [1.29, 1.82) is 0 Å². The molecule has 0 spiro atoms. The second-order valence-electron chi connectivity index (χ2n) is 5.65. The summed E-state index contributed by atoms with van der Waals surface area (Å²) in [4.78, 5) is 11.2. The first-order valence-corrected chi connectivity index (χ1v) is 6.15. The number of esters is 1. The summed E-state index contributed by atoms with van der Waals surface area (Å²) < 4.78 is 4.86. The van der Waals surface area contributed by atoms with Gasteiger partial charge in [-0.15, -0.1) is 0 Å². The van der Waals surface area contributed by atoms with Crippen molar-refractivity contribution in [1.82, 2.24) is 0 Å². The zero-order valence-electron chi connectivity index (χ0n) is 11.1. The first-order valence-electron chi connectivity index (χ1n) is 6.15. The summed E-state index contributed by atoms with van der Waals surface area (Å²) in [5.41, 5.74) is 0.382. The fourth-order valence-electron chi connectivity index (χ4n) is 1.39. The third-order valence-electron chi connectivity index (χ3n) is 2.29. The van der Waals surface area contributed by atoms with Crippen LogP contribution in [0.1, 0.15) is 59.8 Å². The summed E-state index contributed by atoms with van der Waals surface area (Å²) in [5.74, 6) is -0.198. The van der Waals surface area contributed by atoms with Gasteiger partial charge in [-0.25, -0.2) is 0 Å². The monoisotopic (exact) mass is 230 g/mol. The van der Waals surface area contributed by atoms with Gasteiger partial charge in [-0.2, -0.15) is 0 Å². The van der Waals surface area contributed by atoms with Crippen LogP contribution in [0.25, 0.3) is 0 Å². The van der Waals surface area contributed by atoms with Crippen LogP contribution in [0.4, 0.5) is 0 Å². The van der Waals surface area contributed by atoms with Gasteiger partial charge in [-0.3, -0.25) is 4.79 Å². The van der Waals surface area contributed by atoms with Crippen molar-refractivity contribution in [3.63, 3.8) is 0 Å². The summed E-state index contributed by atoms with van der Waals surface area (Å²) in [6, 6.07) is 0. The Morgan fingerprint density at radius 1 is 1.25 bits per heavy atom. The molecule has 0 rings (SSSR count). The van der Waals surface area contributed by atoms with Crippen LogP contribution in [0.15, 0.2) is 0 Å². The highest BCUT2D eigenvalue weighted by molar-refractivity contribution is 5.69. The Morgan fingerprint density at radius 2 is 1.88 bits per heavy atom. The maximum absolute atomic E-state index is 11.2. The molecule has 0 radical (unpaired) electrons. The highest BCUT2D eigenvalue weighted by atomic mass is 16.5. The largest absolute Gasteiger partial charge is 0.463 e. The number of carbonyl (C=O) groups is 1. The van der Waals surface area contributed by atoms with Gasteiger partial charge in [0.25, 0.3) is 0 Å². The van der Waals surface area contributed by atoms with Crippen molar-refractivity contribution in [2.45, 2.75) is 65.9 Å². The number of aliphatic hydroxyl groups excluding tert-OH is 1. The van der Waals surface area contributed by atoms with Gasteiger partial charge in [0, 0.05) is 6.42 Å². The lowest BCUT2D eigenvalue weighted by Gasteiger charge is -2.17. The predicted molar refractivity (Wildman–Crippen MR) is 65.2 cm³/mol. The predicted octanol–water partition coefficient (Wildman–Crippen LogP) is 2.91. The molecule has 1 atom stereocenters. The summed E-state index contributed by atoms with van der Waals surface area (Å²) >= 11 is 0. The van der Waals surface area contributed by atoms with Crippen LogP contribution >= 0.6 is 0 Å². The van der Waals surface area contributed by atoms with Crippen LogP contribution < -0.4 is 0 Å². The minimum absolute atomic E-state index is 0.112. The molecule has 0 saturated carbocycles. The van der Waals surface area contributed by atoms with Gasteiger partial charge in [0.05, 0.1) is 6.10 Å². The van der Waals surface area contributed by atoms with E-state index in [9.17, 15) is 4.79 Å². The van der Waals surface area contributed by atoms with E-state index in [0.29, 0.717) is 11.8 Å². The third kappa shape index (κ3) is 11.5. The molecule has 0 aliphatic rings. The van der Waals surface area contributed by atoms with Gasteiger partial charge in [-0.1, -0.05) is 33.6 Å². The normalized spacial score (nSPS) is 13.6. The molecule has 0 aromatic carbocycles. The first-order chi connectivity index (χ1) is 7.31. The van der Waals surface area contributed by atoms with E-state index in [2.05, 4.69) is 20.8 Å². The van der Waals surface area contributed by atoms with E-state index >= 15 is 0 Å². The fraction of sp³-hybridized carbons (Fsp3) is 0.923. The lowest BCUT2D eigenvalue weighted by Crippen LogP contribution is -2.15. The van der Waals surface area contributed by atoms with Crippen molar-refractivity contribution in [3.8, 4) is 0 Å².